The minimum Gasteiger partial charge on any atom is -0.497 e. The number of benzene rings is 1. The molecule has 1 aromatic rings. The summed E-state index contributed by atoms with van der Waals surface area (Å²) in [4.78, 5) is 14.6. The van der Waals surface area contributed by atoms with Crippen molar-refractivity contribution in [3.8, 4) is 5.75 Å². The molecule has 1 heterocycles. The third-order valence-electron chi connectivity index (χ3n) is 4.03. The Balaban J connectivity index is 2.27. The van der Waals surface area contributed by atoms with Gasteiger partial charge in [-0.05, 0) is 30.0 Å². The van der Waals surface area contributed by atoms with Crippen molar-refractivity contribution in [2.24, 2.45) is 5.92 Å². The van der Waals surface area contributed by atoms with E-state index in [0.717, 1.165) is 30.7 Å². The van der Waals surface area contributed by atoms with E-state index in [4.69, 9.17) is 4.74 Å². The summed E-state index contributed by atoms with van der Waals surface area (Å²) >= 11 is 0. The van der Waals surface area contributed by atoms with E-state index in [9.17, 15) is 4.79 Å². The molecule has 0 aliphatic carbocycles. The molecule has 1 amide bonds. The van der Waals surface area contributed by atoms with Crippen LogP contribution < -0.4 is 10.1 Å². The molecular weight excluding hydrogens is 264 g/mol. The summed E-state index contributed by atoms with van der Waals surface area (Å²) < 4.78 is 5.30. The lowest BCUT2D eigenvalue weighted by Gasteiger charge is -2.24. The number of rotatable bonds is 6. The van der Waals surface area contributed by atoms with E-state index in [1.807, 2.05) is 23.1 Å². The summed E-state index contributed by atoms with van der Waals surface area (Å²) in [6.45, 7) is 7.12. The Morgan fingerprint density at radius 3 is 2.76 bits per heavy atom. The largest absolute Gasteiger partial charge is 0.497 e. The molecule has 0 radical (unpaired) electrons. The number of hydrogen-bond donors (Lipinski definition) is 1. The van der Waals surface area contributed by atoms with Crippen LogP contribution in [0.4, 0.5) is 0 Å². The average molecular weight is 290 g/mol. The van der Waals surface area contributed by atoms with Crippen molar-refractivity contribution in [2.75, 3.05) is 13.7 Å². The van der Waals surface area contributed by atoms with Crippen molar-refractivity contribution in [1.82, 2.24) is 10.2 Å². The third kappa shape index (κ3) is 3.38. The van der Waals surface area contributed by atoms with Gasteiger partial charge in [0.25, 0.3) is 0 Å². The van der Waals surface area contributed by atoms with E-state index < -0.39 is 0 Å². The molecule has 4 heteroatoms. The van der Waals surface area contributed by atoms with Gasteiger partial charge >= 0.3 is 0 Å². The number of carbonyl (C=O) groups excluding carboxylic acids is 1. The monoisotopic (exact) mass is 290 g/mol. The molecule has 116 valence electrons. The lowest BCUT2D eigenvalue weighted by molar-refractivity contribution is -0.130. The van der Waals surface area contributed by atoms with Gasteiger partial charge in [-0.25, -0.2) is 0 Å². The van der Waals surface area contributed by atoms with Crippen LogP contribution in [0.2, 0.25) is 0 Å². The van der Waals surface area contributed by atoms with Crippen LogP contribution in [0.5, 0.6) is 5.75 Å². The molecule has 21 heavy (non-hydrogen) atoms. The average Bonchev–Trinajstić information content (AvgIpc) is 2.82. The second kappa shape index (κ2) is 6.94. The van der Waals surface area contributed by atoms with Gasteiger partial charge in [-0.15, -0.1) is 0 Å². The maximum atomic E-state index is 12.6. The number of amides is 1. The Morgan fingerprint density at radius 2 is 2.14 bits per heavy atom. The highest BCUT2D eigenvalue weighted by Crippen LogP contribution is 2.30. The Hall–Kier alpha value is -1.55. The number of methoxy groups -OCH3 is 1. The highest BCUT2D eigenvalue weighted by atomic mass is 16.5. The van der Waals surface area contributed by atoms with Crippen LogP contribution in [0.3, 0.4) is 0 Å². The Morgan fingerprint density at radius 1 is 1.38 bits per heavy atom. The molecule has 0 spiro atoms. The Labute approximate surface area is 127 Å². The fraction of sp³-hybridized carbons (Fsp3) is 0.588. The van der Waals surface area contributed by atoms with E-state index in [1.165, 1.54) is 0 Å². The van der Waals surface area contributed by atoms with Crippen LogP contribution >= 0.6 is 0 Å². The minimum atomic E-state index is -0.0990. The molecule has 0 aromatic heterocycles. The molecular formula is C17H26N2O2. The van der Waals surface area contributed by atoms with Gasteiger partial charge in [0, 0.05) is 6.54 Å². The summed E-state index contributed by atoms with van der Waals surface area (Å²) in [5.41, 5.74) is 1.09. The molecule has 4 nitrogen and oxygen atoms in total. The number of nitrogens with zero attached hydrogens (tertiary/aromatic N) is 1. The summed E-state index contributed by atoms with van der Waals surface area (Å²) in [6, 6.07) is 7.86. The molecule has 0 bridgehead atoms. The number of nitrogens with one attached hydrogen (secondary N) is 1. The third-order valence-corrected chi connectivity index (χ3v) is 4.03. The first-order valence-electron chi connectivity index (χ1n) is 7.79. The van der Waals surface area contributed by atoms with E-state index >= 15 is 0 Å². The van der Waals surface area contributed by atoms with Crippen LogP contribution in [0.15, 0.2) is 24.3 Å². The topological polar surface area (TPSA) is 41.6 Å². The van der Waals surface area contributed by atoms with Crippen molar-refractivity contribution in [2.45, 2.75) is 45.8 Å². The fourth-order valence-corrected chi connectivity index (χ4v) is 2.77. The molecule has 1 N–H and O–H groups in total. The normalized spacial score (nSPS) is 22.1. The predicted molar refractivity (Wildman–Crippen MR) is 84.1 cm³/mol. The van der Waals surface area contributed by atoms with Gasteiger partial charge in [0.05, 0.1) is 13.2 Å². The molecule has 1 aromatic carbocycles. The molecule has 1 saturated heterocycles. The molecule has 2 atom stereocenters. The Kier molecular flexibility index (Phi) is 5.23. The van der Waals surface area contributed by atoms with Gasteiger partial charge < -0.3 is 9.64 Å². The van der Waals surface area contributed by atoms with Crippen LogP contribution in [0.25, 0.3) is 0 Å². The Bertz CT molecular complexity index is 487. The fourth-order valence-electron chi connectivity index (χ4n) is 2.77. The first-order chi connectivity index (χ1) is 10.1. The van der Waals surface area contributed by atoms with Gasteiger partial charge in [-0.1, -0.05) is 39.3 Å². The molecule has 0 saturated carbocycles. The van der Waals surface area contributed by atoms with Crippen molar-refractivity contribution < 1.29 is 9.53 Å². The highest BCUT2D eigenvalue weighted by Gasteiger charge is 2.40. The molecule has 1 fully saturated rings. The van der Waals surface area contributed by atoms with E-state index in [-0.39, 0.29) is 24.0 Å². The van der Waals surface area contributed by atoms with Crippen molar-refractivity contribution in [3.05, 3.63) is 29.8 Å². The van der Waals surface area contributed by atoms with Gasteiger partial charge in [-0.3, -0.25) is 10.1 Å². The predicted octanol–water partition coefficient (Wildman–Crippen LogP) is 2.95. The van der Waals surface area contributed by atoms with Crippen LogP contribution in [-0.4, -0.2) is 30.5 Å². The maximum absolute atomic E-state index is 12.6. The minimum absolute atomic E-state index is 0.0495. The second-order valence-electron chi connectivity index (χ2n) is 5.95. The highest BCUT2D eigenvalue weighted by molar-refractivity contribution is 5.84. The van der Waals surface area contributed by atoms with Crippen molar-refractivity contribution in [1.29, 1.82) is 0 Å². The lowest BCUT2D eigenvalue weighted by atomic mass is 10.0. The van der Waals surface area contributed by atoms with Gasteiger partial charge in [0.1, 0.15) is 11.9 Å². The SMILES string of the molecule is CCCCN1C(=O)C(C(C)C)NC1c1cccc(OC)c1. The molecule has 1 aliphatic heterocycles. The molecule has 2 rings (SSSR count). The quantitative estimate of drug-likeness (QED) is 0.876. The summed E-state index contributed by atoms with van der Waals surface area (Å²) in [7, 11) is 1.66. The zero-order valence-electron chi connectivity index (χ0n) is 13.4. The van der Waals surface area contributed by atoms with Gasteiger partial charge in [-0.2, -0.15) is 0 Å². The summed E-state index contributed by atoms with van der Waals surface area (Å²) in [5, 5.41) is 3.49. The first kappa shape index (κ1) is 15.8. The van der Waals surface area contributed by atoms with Crippen molar-refractivity contribution >= 4 is 5.91 Å². The van der Waals surface area contributed by atoms with E-state index in [1.54, 1.807) is 7.11 Å². The summed E-state index contributed by atoms with van der Waals surface area (Å²) in [5.74, 6) is 1.33. The number of ether oxygens (including phenoxy) is 1. The lowest BCUT2D eigenvalue weighted by Crippen LogP contribution is -2.34. The second-order valence-corrected chi connectivity index (χ2v) is 5.95. The van der Waals surface area contributed by atoms with Gasteiger partial charge in [0.15, 0.2) is 0 Å². The number of carbonyl (C=O) groups is 1. The number of hydrogen-bond acceptors (Lipinski definition) is 3. The van der Waals surface area contributed by atoms with Crippen LogP contribution in [0.1, 0.15) is 45.3 Å². The summed E-state index contributed by atoms with van der Waals surface area (Å²) in [6.07, 6.45) is 2.06. The molecule has 1 aliphatic rings. The standard InChI is InChI=1S/C17H26N2O2/c1-5-6-10-19-16(18-15(12(2)3)17(19)20)13-8-7-9-14(11-13)21-4/h7-9,11-12,15-16,18H,5-6,10H2,1-4H3. The first-order valence-corrected chi connectivity index (χ1v) is 7.79. The van der Waals surface area contributed by atoms with E-state index in [0.29, 0.717) is 0 Å². The van der Waals surface area contributed by atoms with Crippen LogP contribution in [-0.2, 0) is 4.79 Å². The zero-order chi connectivity index (χ0) is 15.4. The van der Waals surface area contributed by atoms with Crippen LogP contribution in [0, 0.1) is 5.92 Å². The van der Waals surface area contributed by atoms with Gasteiger partial charge in [0.2, 0.25) is 5.91 Å². The molecule has 2 unspecified atom stereocenters. The van der Waals surface area contributed by atoms with Crippen molar-refractivity contribution in [3.63, 3.8) is 0 Å². The number of unbranched alkanes of at least 4 members (excludes halogenated alkanes) is 1. The maximum Gasteiger partial charge on any atom is 0.241 e. The van der Waals surface area contributed by atoms with E-state index in [2.05, 4.69) is 32.2 Å². The smallest absolute Gasteiger partial charge is 0.241 e. The zero-order valence-corrected chi connectivity index (χ0v) is 13.4.